The molecule has 5 rings (SSSR count). The van der Waals surface area contributed by atoms with E-state index in [4.69, 9.17) is 0 Å². The Morgan fingerprint density at radius 1 is 0.567 bits per heavy atom. The average Bonchev–Trinajstić information content (AvgIpc) is 2.79. The quantitative estimate of drug-likeness (QED) is 0.337. The summed E-state index contributed by atoms with van der Waals surface area (Å²) in [5.74, 6) is -0.210. The van der Waals surface area contributed by atoms with Crippen LogP contribution in [0.4, 0.5) is 0 Å². The van der Waals surface area contributed by atoms with Crippen LogP contribution in [0.5, 0.6) is 0 Å². The van der Waals surface area contributed by atoms with E-state index in [9.17, 15) is 9.59 Å². The number of benzene rings is 3. The average molecular weight is 423 g/mol. The number of hydrogen-bond acceptors (Lipinski definition) is 4. The van der Waals surface area contributed by atoms with Gasteiger partial charge < -0.3 is 0 Å². The second kappa shape index (κ2) is 7.87. The van der Waals surface area contributed by atoms with Gasteiger partial charge in [0.1, 0.15) is 0 Å². The molecule has 4 heteroatoms. The molecule has 0 fully saturated rings. The SMILES string of the molecule is O=C1c2cccc(Sc3ccccc3)c2C(=O)c2cccc(Sc3cc#ccc3)c21. The largest absolute Gasteiger partial charge is 0.289 e. The summed E-state index contributed by atoms with van der Waals surface area (Å²) in [5.41, 5.74) is 1.91. The number of ketones is 2. The van der Waals surface area contributed by atoms with Gasteiger partial charge in [-0.1, -0.05) is 78.1 Å². The molecule has 0 bridgehead atoms. The third-order valence-electron chi connectivity index (χ3n) is 4.82. The van der Waals surface area contributed by atoms with E-state index in [-0.39, 0.29) is 11.6 Å². The summed E-state index contributed by atoms with van der Waals surface area (Å²) in [5, 5.41) is 0. The molecule has 0 saturated heterocycles. The molecule has 4 aromatic carbocycles. The lowest BCUT2D eigenvalue weighted by molar-refractivity contribution is 0.0974. The predicted octanol–water partition coefficient (Wildman–Crippen LogP) is 6.36. The lowest BCUT2D eigenvalue weighted by Gasteiger charge is -2.22. The van der Waals surface area contributed by atoms with Crippen molar-refractivity contribution in [2.75, 3.05) is 0 Å². The van der Waals surface area contributed by atoms with E-state index < -0.39 is 0 Å². The third kappa shape index (κ3) is 3.33. The Morgan fingerprint density at radius 2 is 1.17 bits per heavy atom. The van der Waals surface area contributed by atoms with E-state index >= 15 is 0 Å². The lowest BCUT2D eigenvalue weighted by atomic mass is 9.84. The molecule has 1 aliphatic rings. The zero-order valence-electron chi connectivity index (χ0n) is 15.7. The van der Waals surface area contributed by atoms with Gasteiger partial charge in [0.25, 0.3) is 0 Å². The maximum Gasteiger partial charge on any atom is 0.195 e. The number of fused-ring (bicyclic) bond motifs is 2. The maximum atomic E-state index is 13.5. The summed E-state index contributed by atoms with van der Waals surface area (Å²) in [4.78, 5) is 30.5. The third-order valence-corrected chi connectivity index (χ3v) is 6.94. The van der Waals surface area contributed by atoms with Crippen molar-refractivity contribution < 1.29 is 9.59 Å². The molecule has 2 nitrogen and oxygen atoms in total. The van der Waals surface area contributed by atoms with Crippen LogP contribution in [0.25, 0.3) is 0 Å². The Balaban J connectivity index is 1.60. The summed E-state index contributed by atoms with van der Waals surface area (Å²) < 4.78 is 0. The Bertz CT molecular complexity index is 1160. The molecule has 4 aromatic rings. The van der Waals surface area contributed by atoms with E-state index in [2.05, 4.69) is 12.1 Å². The first kappa shape index (κ1) is 18.7. The fraction of sp³-hybridized carbons (Fsp3) is 0. The zero-order chi connectivity index (χ0) is 20.5. The molecular formula is C26H14O2S2. The fourth-order valence-electron chi connectivity index (χ4n) is 3.49. The molecule has 0 atom stereocenters. The van der Waals surface area contributed by atoms with Gasteiger partial charge in [0, 0.05) is 47.9 Å². The van der Waals surface area contributed by atoms with Crippen LogP contribution in [0.3, 0.4) is 0 Å². The zero-order valence-corrected chi connectivity index (χ0v) is 17.3. The summed E-state index contributed by atoms with van der Waals surface area (Å²) in [6, 6.07) is 32.2. The highest BCUT2D eigenvalue weighted by Gasteiger charge is 2.33. The highest BCUT2D eigenvalue weighted by molar-refractivity contribution is 7.99. The van der Waals surface area contributed by atoms with E-state index in [1.54, 1.807) is 18.2 Å². The van der Waals surface area contributed by atoms with Crippen LogP contribution in [-0.4, -0.2) is 11.6 Å². The topological polar surface area (TPSA) is 34.1 Å². The van der Waals surface area contributed by atoms with Crippen LogP contribution in [0.2, 0.25) is 0 Å². The van der Waals surface area contributed by atoms with Crippen molar-refractivity contribution in [3.8, 4) is 0 Å². The highest BCUT2D eigenvalue weighted by atomic mass is 32.2. The molecule has 0 spiro atoms. The Kier molecular flexibility index (Phi) is 4.92. The van der Waals surface area contributed by atoms with Gasteiger partial charge in [-0.3, -0.25) is 9.59 Å². The molecule has 0 amide bonds. The molecule has 0 radical (unpaired) electrons. The smallest absolute Gasteiger partial charge is 0.195 e. The van der Waals surface area contributed by atoms with Gasteiger partial charge >= 0.3 is 0 Å². The van der Waals surface area contributed by atoms with Gasteiger partial charge in [-0.15, -0.1) is 0 Å². The number of rotatable bonds is 4. The van der Waals surface area contributed by atoms with Crippen molar-refractivity contribution in [3.63, 3.8) is 0 Å². The van der Waals surface area contributed by atoms with Gasteiger partial charge in [0.05, 0.1) is 0 Å². The molecule has 0 aromatic heterocycles. The number of carbonyl (C=O) groups excluding carboxylic acids is 2. The minimum atomic E-state index is -0.107. The minimum Gasteiger partial charge on any atom is -0.289 e. The summed E-state index contributed by atoms with van der Waals surface area (Å²) in [6.07, 6.45) is 0. The van der Waals surface area contributed by atoms with E-state index in [0.29, 0.717) is 22.3 Å². The molecule has 0 heterocycles. The first-order chi connectivity index (χ1) is 14.7. The van der Waals surface area contributed by atoms with Gasteiger partial charge in [0.15, 0.2) is 11.6 Å². The number of hydrogen-bond donors (Lipinski definition) is 0. The number of carbonyl (C=O) groups is 2. The van der Waals surface area contributed by atoms with Crippen molar-refractivity contribution in [3.05, 3.63) is 119 Å². The van der Waals surface area contributed by atoms with Gasteiger partial charge in [-0.2, -0.15) is 0 Å². The second-order valence-electron chi connectivity index (χ2n) is 6.70. The van der Waals surface area contributed by atoms with Crippen LogP contribution in [0.1, 0.15) is 31.8 Å². The standard InChI is InChI=1S/C26H14O2S2/c27-25-20-14-8-16-22(30-18-11-5-2-6-12-18)24(20)26(28)19-13-7-15-21(23(19)25)29-17-9-3-1-4-10-17/h1,3-5,7-16H. The second-order valence-corrected chi connectivity index (χ2v) is 8.93. The van der Waals surface area contributed by atoms with Crippen molar-refractivity contribution in [1.29, 1.82) is 0 Å². The first-order valence-electron chi connectivity index (χ1n) is 9.36. The van der Waals surface area contributed by atoms with Crippen molar-refractivity contribution >= 4 is 35.1 Å². The van der Waals surface area contributed by atoms with Crippen LogP contribution < -0.4 is 0 Å². The molecule has 1 aliphatic carbocycles. The molecule has 0 N–H and O–H groups in total. The van der Waals surface area contributed by atoms with E-state index in [1.807, 2.05) is 66.7 Å². The lowest BCUT2D eigenvalue weighted by Crippen LogP contribution is -2.22. The minimum absolute atomic E-state index is 0.103. The Morgan fingerprint density at radius 3 is 1.73 bits per heavy atom. The highest BCUT2D eigenvalue weighted by Crippen LogP contribution is 2.40. The van der Waals surface area contributed by atoms with Gasteiger partial charge in [-0.25, -0.2) is 0 Å². The molecular weight excluding hydrogens is 408 g/mol. The maximum absolute atomic E-state index is 13.5. The fourth-order valence-corrected chi connectivity index (χ4v) is 5.44. The first-order valence-corrected chi connectivity index (χ1v) is 11.0. The molecule has 0 aliphatic heterocycles. The predicted molar refractivity (Wildman–Crippen MR) is 119 cm³/mol. The summed E-state index contributed by atoms with van der Waals surface area (Å²) in [6.45, 7) is 0. The van der Waals surface area contributed by atoms with Crippen molar-refractivity contribution in [1.82, 2.24) is 0 Å². The summed E-state index contributed by atoms with van der Waals surface area (Å²) >= 11 is 2.96. The van der Waals surface area contributed by atoms with Crippen LogP contribution in [0, 0.1) is 12.1 Å². The molecule has 0 unspecified atom stereocenters. The van der Waals surface area contributed by atoms with E-state index in [1.165, 1.54) is 23.5 Å². The van der Waals surface area contributed by atoms with Crippen LogP contribution in [0.15, 0.2) is 105 Å². The Hall–Kier alpha value is -3.26. The molecule has 142 valence electrons. The Labute approximate surface area is 183 Å². The van der Waals surface area contributed by atoms with Gasteiger partial charge in [0.2, 0.25) is 0 Å². The molecule has 0 saturated carbocycles. The van der Waals surface area contributed by atoms with Gasteiger partial charge in [-0.05, 0) is 36.4 Å². The monoisotopic (exact) mass is 422 g/mol. The van der Waals surface area contributed by atoms with Crippen LogP contribution >= 0.6 is 23.5 Å². The van der Waals surface area contributed by atoms with Crippen molar-refractivity contribution in [2.24, 2.45) is 0 Å². The molecule has 30 heavy (non-hydrogen) atoms. The van der Waals surface area contributed by atoms with E-state index in [0.717, 1.165) is 19.6 Å². The van der Waals surface area contributed by atoms with Crippen LogP contribution in [-0.2, 0) is 0 Å². The summed E-state index contributed by atoms with van der Waals surface area (Å²) in [7, 11) is 0. The van der Waals surface area contributed by atoms with Crippen molar-refractivity contribution in [2.45, 2.75) is 19.6 Å². The normalized spacial score (nSPS) is 12.1.